The topological polar surface area (TPSA) is 73.6 Å². The first-order chi connectivity index (χ1) is 10.1. The van der Waals surface area contributed by atoms with Gasteiger partial charge in [-0.05, 0) is 31.5 Å². The van der Waals surface area contributed by atoms with Gasteiger partial charge >= 0.3 is 11.7 Å². The van der Waals surface area contributed by atoms with Crippen LogP contribution in [0.15, 0.2) is 35.2 Å². The van der Waals surface area contributed by atoms with E-state index < -0.39 is 5.79 Å². The number of amides is 1. The van der Waals surface area contributed by atoms with Gasteiger partial charge in [0.25, 0.3) is 0 Å². The molecule has 0 bridgehead atoms. The van der Waals surface area contributed by atoms with Gasteiger partial charge in [0.1, 0.15) is 18.3 Å². The highest BCUT2D eigenvalue weighted by Crippen LogP contribution is 2.44. The fourth-order valence-electron chi connectivity index (χ4n) is 2.81. The summed E-state index contributed by atoms with van der Waals surface area (Å²) in [6.45, 7) is 3.73. The second-order valence-corrected chi connectivity index (χ2v) is 5.04. The average molecular weight is 284 g/mol. The Morgan fingerprint density at radius 2 is 1.95 bits per heavy atom. The summed E-state index contributed by atoms with van der Waals surface area (Å²) in [5.74, 6) is -1.02. The van der Waals surface area contributed by atoms with Gasteiger partial charge in [0, 0.05) is 5.56 Å². The molecular formula is C15H12N2O4. The number of aromatic nitrogens is 1. The third-order valence-corrected chi connectivity index (χ3v) is 3.77. The summed E-state index contributed by atoms with van der Waals surface area (Å²) in [5.41, 5.74) is 3.94. The molecule has 0 radical (unpaired) electrons. The van der Waals surface area contributed by atoms with E-state index in [-0.39, 0.29) is 5.91 Å². The monoisotopic (exact) mass is 284 g/mol. The Kier molecular flexibility index (Phi) is 2.22. The molecule has 1 amide bonds. The summed E-state index contributed by atoms with van der Waals surface area (Å²) in [4.78, 5) is 12.2. The summed E-state index contributed by atoms with van der Waals surface area (Å²) in [6.07, 6.45) is 2.74. The fourth-order valence-corrected chi connectivity index (χ4v) is 2.81. The molecule has 0 saturated heterocycles. The lowest BCUT2D eigenvalue weighted by Crippen LogP contribution is -2.35. The van der Waals surface area contributed by atoms with E-state index in [9.17, 15) is 4.79 Å². The fraction of sp³-hybridized carbons (Fsp3) is 0.200. The lowest BCUT2D eigenvalue weighted by atomic mass is 9.98. The van der Waals surface area contributed by atoms with Crippen LogP contribution in [0.25, 0.3) is 11.1 Å². The zero-order valence-corrected chi connectivity index (χ0v) is 11.5. The van der Waals surface area contributed by atoms with E-state index in [4.69, 9.17) is 14.0 Å². The van der Waals surface area contributed by atoms with Crippen molar-refractivity contribution >= 4 is 11.6 Å². The highest BCUT2D eigenvalue weighted by molar-refractivity contribution is 6.04. The predicted octanol–water partition coefficient (Wildman–Crippen LogP) is 2.58. The summed E-state index contributed by atoms with van der Waals surface area (Å²) >= 11 is 0. The Morgan fingerprint density at radius 1 is 1.19 bits per heavy atom. The molecule has 106 valence electrons. The molecule has 6 heteroatoms. The van der Waals surface area contributed by atoms with Gasteiger partial charge in [0.15, 0.2) is 0 Å². The molecule has 2 aliphatic heterocycles. The van der Waals surface area contributed by atoms with Crippen molar-refractivity contribution in [3.8, 4) is 11.1 Å². The third-order valence-electron chi connectivity index (χ3n) is 3.77. The Hall–Kier alpha value is -2.76. The van der Waals surface area contributed by atoms with Crippen molar-refractivity contribution in [1.82, 2.24) is 5.16 Å². The van der Waals surface area contributed by atoms with Crippen LogP contribution in [0, 0.1) is 13.8 Å². The average Bonchev–Trinajstić information content (AvgIpc) is 3.14. The number of hydrogen-bond acceptors (Lipinski definition) is 5. The van der Waals surface area contributed by atoms with Gasteiger partial charge in [-0.2, -0.15) is 0 Å². The molecule has 0 saturated carbocycles. The molecule has 1 aromatic heterocycles. The van der Waals surface area contributed by atoms with Crippen molar-refractivity contribution < 1.29 is 18.8 Å². The summed E-state index contributed by atoms with van der Waals surface area (Å²) < 4.78 is 16.0. The lowest BCUT2D eigenvalue weighted by Gasteiger charge is -2.20. The molecule has 21 heavy (non-hydrogen) atoms. The molecule has 3 heterocycles. The Balaban J connectivity index is 1.89. The van der Waals surface area contributed by atoms with E-state index in [1.165, 1.54) is 12.5 Å². The largest absolute Gasteiger partial charge is 0.445 e. The van der Waals surface area contributed by atoms with Gasteiger partial charge in [-0.25, -0.2) is 0 Å². The van der Waals surface area contributed by atoms with Crippen LogP contribution in [-0.4, -0.2) is 11.1 Å². The number of carbonyl (C=O) groups is 1. The number of hydrogen-bond donors (Lipinski definition) is 1. The number of fused-ring (bicyclic) bond motifs is 2. The predicted molar refractivity (Wildman–Crippen MR) is 73.0 cm³/mol. The van der Waals surface area contributed by atoms with Gasteiger partial charge in [0.2, 0.25) is 0 Å². The van der Waals surface area contributed by atoms with Crippen LogP contribution < -0.4 is 5.32 Å². The van der Waals surface area contributed by atoms with E-state index in [0.717, 1.165) is 22.6 Å². The maximum absolute atomic E-state index is 12.2. The van der Waals surface area contributed by atoms with Crippen LogP contribution in [0.1, 0.15) is 17.0 Å². The molecule has 0 unspecified atom stereocenters. The van der Waals surface area contributed by atoms with Crippen LogP contribution in [0.5, 0.6) is 0 Å². The van der Waals surface area contributed by atoms with Crippen molar-refractivity contribution in [2.24, 2.45) is 0 Å². The molecular weight excluding hydrogens is 272 g/mol. The number of nitrogens with one attached hydrogen (secondary N) is 1. The molecule has 6 nitrogen and oxygen atoms in total. The zero-order valence-electron chi connectivity index (χ0n) is 11.5. The van der Waals surface area contributed by atoms with Crippen molar-refractivity contribution in [1.29, 1.82) is 0 Å². The summed E-state index contributed by atoms with van der Waals surface area (Å²) in [5, 5.41) is 6.72. The Labute approximate surface area is 120 Å². The van der Waals surface area contributed by atoms with Gasteiger partial charge in [0.05, 0.1) is 16.9 Å². The number of aryl methyl sites for hydroxylation is 2. The summed E-state index contributed by atoms with van der Waals surface area (Å²) in [7, 11) is 0. The van der Waals surface area contributed by atoms with E-state index >= 15 is 0 Å². The highest BCUT2D eigenvalue weighted by Gasteiger charge is 2.53. The van der Waals surface area contributed by atoms with Gasteiger partial charge in [-0.1, -0.05) is 11.2 Å². The highest BCUT2D eigenvalue weighted by atomic mass is 16.7. The molecule has 0 atom stereocenters. The van der Waals surface area contributed by atoms with Crippen molar-refractivity contribution in [2.75, 3.05) is 5.32 Å². The first-order valence-corrected chi connectivity index (χ1v) is 6.52. The minimum Gasteiger partial charge on any atom is -0.445 e. The number of benzene rings is 1. The van der Waals surface area contributed by atoms with E-state index in [0.29, 0.717) is 11.3 Å². The van der Waals surface area contributed by atoms with Crippen molar-refractivity contribution in [3.63, 3.8) is 0 Å². The van der Waals surface area contributed by atoms with E-state index in [1.54, 1.807) is 0 Å². The smallest absolute Gasteiger partial charge is 0.361 e. The van der Waals surface area contributed by atoms with Gasteiger partial charge < -0.3 is 19.3 Å². The van der Waals surface area contributed by atoms with Crippen LogP contribution in [0.2, 0.25) is 0 Å². The van der Waals surface area contributed by atoms with Crippen molar-refractivity contribution in [2.45, 2.75) is 19.6 Å². The SMILES string of the molecule is Cc1noc(C)c1-c1ccc2c(c1)C1(OC=CO1)C(=O)N2. The van der Waals surface area contributed by atoms with Crippen LogP contribution in [-0.2, 0) is 20.1 Å². The molecule has 0 fully saturated rings. The van der Waals surface area contributed by atoms with Crippen LogP contribution >= 0.6 is 0 Å². The van der Waals surface area contributed by atoms with Crippen LogP contribution in [0.3, 0.4) is 0 Å². The van der Waals surface area contributed by atoms with E-state index in [1.807, 2.05) is 32.0 Å². The van der Waals surface area contributed by atoms with Crippen LogP contribution in [0.4, 0.5) is 5.69 Å². The second-order valence-electron chi connectivity index (χ2n) is 5.04. The normalized spacial score (nSPS) is 17.5. The number of rotatable bonds is 1. The lowest BCUT2D eigenvalue weighted by molar-refractivity contribution is -0.171. The number of anilines is 1. The second kappa shape index (κ2) is 3.88. The quantitative estimate of drug-likeness (QED) is 0.871. The number of nitrogens with zero attached hydrogens (tertiary/aromatic N) is 1. The van der Waals surface area contributed by atoms with Gasteiger partial charge in [-0.15, -0.1) is 0 Å². The molecule has 0 aliphatic carbocycles. The molecule has 4 rings (SSSR count). The molecule has 2 aromatic rings. The maximum atomic E-state index is 12.2. The molecule has 2 aliphatic rings. The Morgan fingerprint density at radius 3 is 2.62 bits per heavy atom. The first kappa shape index (κ1) is 12.0. The zero-order chi connectivity index (χ0) is 14.6. The number of ether oxygens (including phenoxy) is 2. The number of carbonyl (C=O) groups excluding carboxylic acids is 1. The minimum atomic E-state index is -1.41. The molecule has 1 aromatic carbocycles. The van der Waals surface area contributed by atoms with Gasteiger partial charge in [-0.3, -0.25) is 4.79 Å². The molecule has 1 spiro atoms. The maximum Gasteiger partial charge on any atom is 0.361 e. The first-order valence-electron chi connectivity index (χ1n) is 6.52. The third kappa shape index (κ3) is 1.47. The molecule has 1 N–H and O–H groups in total. The van der Waals surface area contributed by atoms with E-state index in [2.05, 4.69) is 10.5 Å². The minimum absolute atomic E-state index is 0.335. The Bertz CT molecular complexity index is 763. The summed E-state index contributed by atoms with van der Waals surface area (Å²) in [6, 6.07) is 5.61. The van der Waals surface area contributed by atoms with Crippen molar-refractivity contribution in [3.05, 3.63) is 47.7 Å². The standard InChI is InChI=1S/C15H12N2O4/c1-8-13(9(2)21-17-8)10-3-4-12-11(7-10)15(14(18)16-12)19-5-6-20-15/h3-7H,1-2H3,(H,16,18).